The first kappa shape index (κ1) is 23.2. The number of para-hydroxylation sites is 1. The van der Waals surface area contributed by atoms with Crippen LogP contribution in [-0.4, -0.2) is 46.6 Å². The van der Waals surface area contributed by atoms with Crippen LogP contribution in [0.1, 0.15) is 16.1 Å². The molecule has 0 aliphatic carbocycles. The number of carbonyl (C=O) groups excluding carboxylic acids is 1. The highest BCUT2D eigenvalue weighted by atomic mass is 32.2. The molecular weight excluding hydrogens is 458 g/mol. The minimum atomic E-state index is -4.10. The van der Waals surface area contributed by atoms with Crippen LogP contribution in [0.25, 0.3) is 10.9 Å². The molecule has 4 rings (SSSR count). The van der Waals surface area contributed by atoms with Gasteiger partial charge in [-0.25, -0.2) is 12.4 Å². The monoisotopic (exact) mass is 481 g/mol. The number of ketones is 1. The normalized spacial score (nSPS) is 11.3. The summed E-state index contributed by atoms with van der Waals surface area (Å²) in [5.41, 5.74) is 0.378. The maximum atomic E-state index is 13.9. The van der Waals surface area contributed by atoms with Crippen LogP contribution in [0.4, 0.5) is 0 Å². The Bertz CT molecular complexity index is 1470. The van der Waals surface area contributed by atoms with Crippen LogP contribution in [0.3, 0.4) is 0 Å². The lowest BCUT2D eigenvalue weighted by Gasteiger charge is -2.18. The van der Waals surface area contributed by atoms with Crippen LogP contribution in [0.2, 0.25) is 0 Å². The van der Waals surface area contributed by atoms with E-state index < -0.39 is 15.8 Å². The molecule has 0 aliphatic rings. The average Bonchev–Trinajstić information content (AvgIpc) is 3.27. The van der Waals surface area contributed by atoms with Crippen molar-refractivity contribution < 1.29 is 32.2 Å². The molecule has 0 amide bonds. The van der Waals surface area contributed by atoms with Gasteiger partial charge in [0.1, 0.15) is 5.69 Å². The summed E-state index contributed by atoms with van der Waals surface area (Å²) in [7, 11) is 1.55. The third-order valence-electron chi connectivity index (χ3n) is 5.41. The zero-order valence-electron chi connectivity index (χ0n) is 19.1. The fourth-order valence-electron chi connectivity index (χ4n) is 3.88. The van der Waals surface area contributed by atoms with Gasteiger partial charge in [-0.2, -0.15) is 0 Å². The number of methoxy groups -OCH3 is 4. The van der Waals surface area contributed by atoms with Crippen molar-refractivity contribution in [2.75, 3.05) is 28.4 Å². The summed E-state index contributed by atoms with van der Waals surface area (Å²) in [4.78, 5) is 14.0. The second kappa shape index (κ2) is 9.11. The lowest BCUT2D eigenvalue weighted by atomic mass is 10.0. The molecule has 4 aromatic rings. The van der Waals surface area contributed by atoms with Crippen LogP contribution in [0.5, 0.6) is 23.0 Å². The molecule has 0 unspecified atom stereocenters. The fourth-order valence-corrected chi connectivity index (χ4v) is 5.42. The van der Waals surface area contributed by atoms with Gasteiger partial charge >= 0.3 is 0 Å². The van der Waals surface area contributed by atoms with Crippen molar-refractivity contribution in [2.24, 2.45) is 0 Å². The number of hydrogen-bond acceptors (Lipinski definition) is 7. The Kier molecular flexibility index (Phi) is 6.21. The first-order chi connectivity index (χ1) is 16.4. The molecule has 3 aromatic carbocycles. The van der Waals surface area contributed by atoms with Gasteiger partial charge in [-0.05, 0) is 30.3 Å². The molecule has 1 heterocycles. The van der Waals surface area contributed by atoms with Crippen molar-refractivity contribution in [3.63, 3.8) is 0 Å². The smallest absolute Gasteiger partial charge is 0.268 e. The zero-order chi connectivity index (χ0) is 24.5. The van der Waals surface area contributed by atoms with Crippen molar-refractivity contribution in [3.8, 4) is 23.0 Å². The number of carbonyl (C=O) groups is 1. The van der Waals surface area contributed by atoms with E-state index in [0.717, 1.165) is 3.97 Å². The van der Waals surface area contributed by atoms with Crippen LogP contribution in [-0.2, 0) is 10.0 Å². The van der Waals surface area contributed by atoms with Gasteiger partial charge in [0, 0.05) is 5.39 Å². The molecule has 0 atom stereocenters. The molecule has 34 heavy (non-hydrogen) atoms. The maximum absolute atomic E-state index is 13.9. The largest absolute Gasteiger partial charge is 0.493 e. The lowest BCUT2D eigenvalue weighted by Crippen LogP contribution is -2.19. The predicted molar refractivity (Wildman–Crippen MR) is 127 cm³/mol. The number of hydrogen-bond donors (Lipinski definition) is 0. The number of aromatic nitrogens is 1. The average molecular weight is 482 g/mol. The highest BCUT2D eigenvalue weighted by Crippen LogP contribution is 2.47. The molecule has 9 heteroatoms. The van der Waals surface area contributed by atoms with Crippen LogP contribution in [0, 0.1) is 0 Å². The topological polar surface area (TPSA) is 93.1 Å². The maximum Gasteiger partial charge on any atom is 0.268 e. The van der Waals surface area contributed by atoms with Crippen molar-refractivity contribution in [1.82, 2.24) is 3.97 Å². The molecule has 1 aromatic heterocycles. The molecule has 0 saturated heterocycles. The Balaban J connectivity index is 2.03. The van der Waals surface area contributed by atoms with Crippen LogP contribution < -0.4 is 18.9 Å². The molecule has 0 radical (unpaired) electrons. The zero-order valence-corrected chi connectivity index (χ0v) is 19.9. The van der Waals surface area contributed by atoms with E-state index in [-0.39, 0.29) is 39.2 Å². The SMILES string of the molecule is COc1cc(C(=O)c2cc3ccccc3n2S(=O)(=O)c2ccccc2)c(OC)c(OC)c1OC. The van der Waals surface area contributed by atoms with E-state index in [0.29, 0.717) is 10.9 Å². The van der Waals surface area contributed by atoms with Gasteiger partial charge in [-0.3, -0.25) is 4.79 Å². The van der Waals surface area contributed by atoms with E-state index in [1.54, 1.807) is 48.5 Å². The second-order valence-electron chi connectivity index (χ2n) is 7.23. The van der Waals surface area contributed by atoms with Gasteiger partial charge < -0.3 is 18.9 Å². The first-order valence-corrected chi connectivity index (χ1v) is 11.7. The van der Waals surface area contributed by atoms with Gasteiger partial charge in [0.2, 0.25) is 17.3 Å². The molecule has 0 fully saturated rings. The molecule has 8 nitrogen and oxygen atoms in total. The standard InChI is InChI=1S/C25H23NO7S/c1-30-21-15-18(23(31-2)25(33-4)24(21)32-3)22(27)20-14-16-10-8-9-13-19(16)26(20)34(28,29)17-11-6-5-7-12-17/h5-15H,1-4H3. The Morgan fingerprint density at radius 2 is 1.35 bits per heavy atom. The van der Waals surface area contributed by atoms with E-state index in [1.807, 2.05) is 0 Å². The summed E-state index contributed by atoms with van der Waals surface area (Å²) in [5, 5.41) is 0.594. The van der Waals surface area contributed by atoms with E-state index in [1.165, 1.54) is 46.6 Å². The molecule has 0 spiro atoms. The highest BCUT2D eigenvalue weighted by Gasteiger charge is 2.31. The summed E-state index contributed by atoms with van der Waals surface area (Å²) in [6.07, 6.45) is 0. The van der Waals surface area contributed by atoms with E-state index in [9.17, 15) is 13.2 Å². The molecule has 0 bridgehead atoms. The van der Waals surface area contributed by atoms with Crippen LogP contribution >= 0.6 is 0 Å². The van der Waals surface area contributed by atoms with Gasteiger partial charge in [-0.1, -0.05) is 36.4 Å². The van der Waals surface area contributed by atoms with E-state index >= 15 is 0 Å². The van der Waals surface area contributed by atoms with Crippen molar-refractivity contribution in [1.29, 1.82) is 0 Å². The fraction of sp³-hybridized carbons (Fsp3) is 0.160. The van der Waals surface area contributed by atoms with Gasteiger partial charge in [0.05, 0.1) is 44.4 Å². The van der Waals surface area contributed by atoms with Crippen molar-refractivity contribution in [3.05, 3.63) is 78.0 Å². The van der Waals surface area contributed by atoms with Crippen LogP contribution in [0.15, 0.2) is 71.6 Å². The summed E-state index contributed by atoms with van der Waals surface area (Å²) >= 11 is 0. The number of rotatable bonds is 8. The van der Waals surface area contributed by atoms with E-state index in [4.69, 9.17) is 18.9 Å². The third-order valence-corrected chi connectivity index (χ3v) is 7.16. The second-order valence-corrected chi connectivity index (χ2v) is 9.01. The minimum absolute atomic E-state index is 0.0576. The molecule has 0 N–H and O–H groups in total. The van der Waals surface area contributed by atoms with E-state index in [2.05, 4.69) is 0 Å². The Labute approximate surface area is 197 Å². The number of benzene rings is 3. The molecule has 176 valence electrons. The summed E-state index contributed by atoms with van der Waals surface area (Å²) in [6.45, 7) is 0. The summed E-state index contributed by atoms with van der Waals surface area (Å²) in [5.74, 6) is 0.139. The Morgan fingerprint density at radius 3 is 1.97 bits per heavy atom. The number of fused-ring (bicyclic) bond motifs is 1. The summed E-state index contributed by atoms with van der Waals surface area (Å²) in [6, 6.07) is 17.8. The Morgan fingerprint density at radius 1 is 0.735 bits per heavy atom. The van der Waals surface area contributed by atoms with Gasteiger partial charge in [0.15, 0.2) is 11.5 Å². The summed E-state index contributed by atoms with van der Waals surface area (Å²) < 4.78 is 50.1. The van der Waals surface area contributed by atoms with Gasteiger partial charge in [-0.15, -0.1) is 0 Å². The molecule has 0 saturated carbocycles. The molecular formula is C25H23NO7S. The molecule has 0 aliphatic heterocycles. The third kappa shape index (κ3) is 3.63. The van der Waals surface area contributed by atoms with Crippen molar-refractivity contribution in [2.45, 2.75) is 4.90 Å². The highest BCUT2D eigenvalue weighted by molar-refractivity contribution is 7.90. The minimum Gasteiger partial charge on any atom is -0.493 e. The van der Waals surface area contributed by atoms with Gasteiger partial charge in [0.25, 0.3) is 10.0 Å². The predicted octanol–water partition coefficient (Wildman–Crippen LogP) is 4.14. The first-order valence-electron chi connectivity index (χ1n) is 10.2. The number of nitrogens with zero attached hydrogens (tertiary/aromatic N) is 1. The Hall–Kier alpha value is -3.98. The quantitative estimate of drug-likeness (QED) is 0.349. The lowest BCUT2D eigenvalue weighted by molar-refractivity contribution is 0.102. The number of ether oxygens (including phenoxy) is 4. The van der Waals surface area contributed by atoms with Crippen molar-refractivity contribution >= 4 is 26.7 Å².